The summed E-state index contributed by atoms with van der Waals surface area (Å²) in [6.07, 6.45) is -0.374. The Morgan fingerprint density at radius 3 is 2.39 bits per heavy atom. The van der Waals surface area contributed by atoms with Crippen molar-refractivity contribution in [2.45, 2.75) is 39.5 Å². The Hall–Kier alpha value is -1.43. The minimum Gasteiger partial charge on any atom is -0.486 e. The number of halogens is 1. The number of methoxy groups -OCH3 is 2. The van der Waals surface area contributed by atoms with Crippen LogP contribution in [-0.2, 0) is 17.8 Å². The van der Waals surface area contributed by atoms with Crippen LogP contribution in [0.1, 0.15) is 32.2 Å². The monoisotopic (exact) mass is 494 g/mol. The van der Waals surface area contributed by atoms with Crippen LogP contribution in [0, 0.1) is 0 Å². The van der Waals surface area contributed by atoms with Gasteiger partial charge in [-0.1, -0.05) is 0 Å². The molecule has 2 rings (SSSR count). The number of carbonyl (C=O) groups excluding carboxylic acids is 1. The first-order valence-corrected chi connectivity index (χ1v) is 10.7. The van der Waals surface area contributed by atoms with Crippen molar-refractivity contribution < 1.29 is 19.0 Å². The Labute approximate surface area is 182 Å². The van der Waals surface area contributed by atoms with E-state index in [0.717, 1.165) is 27.5 Å². The van der Waals surface area contributed by atoms with Gasteiger partial charge in [0.25, 0.3) is 0 Å². The molecule has 11 heteroatoms. The second kappa shape index (κ2) is 11.5. The van der Waals surface area contributed by atoms with Crippen molar-refractivity contribution >= 4 is 45.1 Å². The van der Waals surface area contributed by atoms with E-state index < -0.39 is 5.60 Å². The van der Waals surface area contributed by atoms with E-state index in [1.807, 2.05) is 33.9 Å². The lowest BCUT2D eigenvalue weighted by atomic mass is 10.2. The molecule has 0 aliphatic rings. The largest absolute Gasteiger partial charge is 0.486 e. The standard InChI is InChI=1S/C11H17BrN2O3S.C6H10N2OS/c1-11(2,3)17-10(15)14(4)6-7-8(12)9(16-5)18-13-7;1-7-4-5-3-6(9-2)10-8-5/h6H2,1-5H3;3,7H,4H2,1-2H3. The van der Waals surface area contributed by atoms with Gasteiger partial charge in [-0.3, -0.25) is 0 Å². The van der Waals surface area contributed by atoms with Gasteiger partial charge in [-0.15, -0.1) is 0 Å². The molecule has 0 atom stereocenters. The van der Waals surface area contributed by atoms with Gasteiger partial charge in [0.15, 0.2) is 5.06 Å². The molecule has 1 N–H and O–H groups in total. The fourth-order valence-corrected chi connectivity index (χ4v) is 3.71. The van der Waals surface area contributed by atoms with Crippen molar-refractivity contribution in [2.24, 2.45) is 0 Å². The predicted molar refractivity (Wildman–Crippen MR) is 115 cm³/mol. The van der Waals surface area contributed by atoms with Crippen molar-refractivity contribution in [1.29, 1.82) is 0 Å². The van der Waals surface area contributed by atoms with Gasteiger partial charge in [-0.2, -0.15) is 8.75 Å². The molecule has 0 aliphatic carbocycles. The first kappa shape index (κ1) is 24.6. The number of hydrogen-bond acceptors (Lipinski definition) is 9. The van der Waals surface area contributed by atoms with Crippen LogP contribution >= 0.6 is 39.0 Å². The quantitative estimate of drug-likeness (QED) is 0.644. The highest BCUT2D eigenvalue weighted by Crippen LogP contribution is 2.33. The minimum absolute atomic E-state index is 0.370. The van der Waals surface area contributed by atoms with E-state index in [1.54, 1.807) is 21.3 Å². The third kappa shape index (κ3) is 8.29. The van der Waals surface area contributed by atoms with E-state index in [4.69, 9.17) is 14.2 Å². The number of nitrogens with zero attached hydrogens (tertiary/aromatic N) is 3. The molecule has 0 radical (unpaired) electrons. The van der Waals surface area contributed by atoms with Crippen molar-refractivity contribution in [3.05, 3.63) is 21.9 Å². The number of rotatable bonds is 6. The summed E-state index contributed by atoms with van der Waals surface area (Å²) in [5.74, 6) is 0. The van der Waals surface area contributed by atoms with Gasteiger partial charge < -0.3 is 24.4 Å². The summed E-state index contributed by atoms with van der Waals surface area (Å²) in [4.78, 5) is 13.3. The van der Waals surface area contributed by atoms with E-state index in [-0.39, 0.29) is 6.09 Å². The van der Waals surface area contributed by atoms with E-state index in [9.17, 15) is 4.79 Å². The summed E-state index contributed by atoms with van der Waals surface area (Å²) in [6, 6.07) is 1.93. The van der Waals surface area contributed by atoms with Crippen LogP contribution in [0.3, 0.4) is 0 Å². The number of ether oxygens (including phenoxy) is 3. The summed E-state index contributed by atoms with van der Waals surface area (Å²) in [7, 11) is 6.80. The number of carbonyl (C=O) groups is 1. The molecule has 158 valence electrons. The molecule has 8 nitrogen and oxygen atoms in total. The number of amides is 1. The zero-order valence-electron chi connectivity index (χ0n) is 17.2. The highest BCUT2D eigenvalue weighted by molar-refractivity contribution is 9.10. The van der Waals surface area contributed by atoms with Gasteiger partial charge >= 0.3 is 6.09 Å². The SMILES string of the molecule is CNCc1cc(OC)sn1.COc1snc(CN(C)C(=O)OC(C)(C)C)c1Br. The van der Waals surface area contributed by atoms with Gasteiger partial charge in [0.2, 0.25) is 5.06 Å². The van der Waals surface area contributed by atoms with E-state index in [1.165, 1.54) is 28.0 Å². The maximum Gasteiger partial charge on any atom is 0.410 e. The highest BCUT2D eigenvalue weighted by atomic mass is 79.9. The summed E-state index contributed by atoms with van der Waals surface area (Å²) in [5, 5.41) is 4.57. The average Bonchev–Trinajstić information content (AvgIpc) is 3.21. The van der Waals surface area contributed by atoms with E-state index in [2.05, 4.69) is 30.0 Å². The first-order valence-electron chi connectivity index (χ1n) is 8.37. The highest BCUT2D eigenvalue weighted by Gasteiger charge is 2.21. The van der Waals surface area contributed by atoms with Crippen LogP contribution in [-0.4, -0.2) is 53.7 Å². The summed E-state index contributed by atoms with van der Waals surface area (Å²) in [5.41, 5.74) is 1.29. The molecule has 2 aromatic rings. The Morgan fingerprint density at radius 1 is 1.25 bits per heavy atom. The summed E-state index contributed by atoms with van der Waals surface area (Å²) >= 11 is 6.02. The zero-order valence-corrected chi connectivity index (χ0v) is 20.4. The summed E-state index contributed by atoms with van der Waals surface area (Å²) < 4.78 is 24.5. The topological polar surface area (TPSA) is 85.8 Å². The number of nitrogens with one attached hydrogen (secondary N) is 1. The zero-order chi connectivity index (χ0) is 21.3. The Bertz CT molecular complexity index is 746. The average molecular weight is 495 g/mol. The Kier molecular flexibility index (Phi) is 10.1. The van der Waals surface area contributed by atoms with Crippen molar-refractivity contribution in [2.75, 3.05) is 28.3 Å². The summed E-state index contributed by atoms with van der Waals surface area (Å²) in [6.45, 7) is 6.68. The lowest BCUT2D eigenvalue weighted by molar-refractivity contribution is 0.0283. The van der Waals surface area contributed by atoms with Gasteiger partial charge in [0.1, 0.15) is 5.60 Å². The Morgan fingerprint density at radius 2 is 1.93 bits per heavy atom. The molecule has 0 aromatic carbocycles. The fourth-order valence-electron chi connectivity index (χ4n) is 1.80. The number of aromatic nitrogens is 2. The molecule has 1 amide bonds. The van der Waals surface area contributed by atoms with Crippen LogP contribution in [0.5, 0.6) is 10.1 Å². The van der Waals surface area contributed by atoms with Crippen molar-refractivity contribution in [1.82, 2.24) is 19.0 Å². The Balaban J connectivity index is 0.000000330. The molecule has 0 spiro atoms. The van der Waals surface area contributed by atoms with Gasteiger partial charge in [0.05, 0.1) is 36.6 Å². The third-order valence-corrected chi connectivity index (χ3v) is 5.76. The smallest absolute Gasteiger partial charge is 0.410 e. The van der Waals surface area contributed by atoms with Crippen molar-refractivity contribution in [3.63, 3.8) is 0 Å². The number of hydrogen-bond donors (Lipinski definition) is 1. The molecule has 28 heavy (non-hydrogen) atoms. The van der Waals surface area contributed by atoms with Crippen LogP contribution in [0.2, 0.25) is 0 Å². The molecule has 2 aromatic heterocycles. The predicted octanol–water partition coefficient (Wildman–Crippen LogP) is 4.15. The van der Waals surface area contributed by atoms with Crippen LogP contribution in [0.25, 0.3) is 0 Å². The fraction of sp³-hybridized carbons (Fsp3) is 0.588. The van der Waals surface area contributed by atoms with Gasteiger partial charge in [-0.05, 0) is 43.7 Å². The molecule has 0 saturated carbocycles. The maximum absolute atomic E-state index is 11.8. The lowest BCUT2D eigenvalue weighted by Gasteiger charge is -2.24. The molecule has 0 aliphatic heterocycles. The maximum atomic E-state index is 11.8. The molecular formula is C17H27BrN4O4S2. The molecule has 0 unspecified atom stereocenters. The van der Waals surface area contributed by atoms with E-state index in [0.29, 0.717) is 11.6 Å². The van der Waals surface area contributed by atoms with E-state index >= 15 is 0 Å². The third-order valence-electron chi connectivity index (χ3n) is 3.05. The van der Waals surface area contributed by atoms with Gasteiger partial charge in [-0.25, -0.2) is 4.79 Å². The molecular weight excluding hydrogens is 468 g/mol. The molecule has 0 bridgehead atoms. The molecule has 0 fully saturated rings. The lowest BCUT2D eigenvalue weighted by Crippen LogP contribution is -2.33. The molecule has 2 heterocycles. The minimum atomic E-state index is -0.498. The normalized spacial score (nSPS) is 10.7. The van der Waals surface area contributed by atoms with Crippen LogP contribution < -0.4 is 14.8 Å². The van der Waals surface area contributed by atoms with Crippen LogP contribution in [0.4, 0.5) is 4.79 Å². The van der Waals surface area contributed by atoms with Crippen LogP contribution in [0.15, 0.2) is 10.5 Å². The van der Waals surface area contributed by atoms with Gasteiger partial charge in [0, 0.05) is 42.7 Å². The first-order chi connectivity index (χ1) is 13.1. The molecule has 0 saturated heterocycles. The second-order valence-corrected chi connectivity index (χ2v) is 8.94. The van der Waals surface area contributed by atoms with Crippen molar-refractivity contribution in [3.8, 4) is 10.1 Å². The second-order valence-electron chi connectivity index (χ2n) is 6.64.